The molecular weight excluding hydrogens is 260 g/mol. The molecule has 1 saturated heterocycles. The van der Waals surface area contributed by atoms with Crippen molar-refractivity contribution in [2.24, 2.45) is 0 Å². The van der Waals surface area contributed by atoms with Crippen molar-refractivity contribution in [3.8, 4) is 0 Å². The van der Waals surface area contributed by atoms with Gasteiger partial charge in [-0.25, -0.2) is 0 Å². The smallest absolute Gasteiger partial charge is 0.0753 e. The van der Waals surface area contributed by atoms with Crippen molar-refractivity contribution in [1.29, 1.82) is 0 Å². The summed E-state index contributed by atoms with van der Waals surface area (Å²) in [6.45, 7) is 13.7. The van der Waals surface area contributed by atoms with Crippen LogP contribution in [-0.2, 0) is 17.7 Å². The van der Waals surface area contributed by atoms with E-state index >= 15 is 0 Å². The monoisotopic (exact) mass is 290 g/mol. The van der Waals surface area contributed by atoms with E-state index in [1.54, 1.807) is 0 Å². The summed E-state index contributed by atoms with van der Waals surface area (Å²) in [5, 5.41) is 3.46. The van der Waals surface area contributed by atoms with Gasteiger partial charge in [0.2, 0.25) is 0 Å². The molecule has 0 aromatic heterocycles. The minimum absolute atomic E-state index is 0.0132. The molecule has 3 nitrogen and oxygen atoms in total. The zero-order valence-electron chi connectivity index (χ0n) is 14.0. The Labute approximate surface area is 129 Å². The fraction of sp³-hybridized carbons (Fsp3) is 0.667. The molecule has 0 spiro atoms. The van der Waals surface area contributed by atoms with E-state index in [1.165, 1.54) is 11.1 Å². The molecule has 21 heavy (non-hydrogen) atoms. The first-order valence-electron chi connectivity index (χ1n) is 8.12. The number of hydrogen-bond acceptors (Lipinski definition) is 3. The van der Waals surface area contributed by atoms with Crippen molar-refractivity contribution < 1.29 is 4.74 Å². The average molecular weight is 290 g/mol. The maximum atomic E-state index is 5.77. The highest BCUT2D eigenvalue weighted by Crippen LogP contribution is 2.18. The molecule has 1 N–H and O–H groups in total. The lowest BCUT2D eigenvalue weighted by Gasteiger charge is -2.38. The maximum Gasteiger partial charge on any atom is 0.0753 e. The molecule has 0 saturated carbocycles. The number of benzene rings is 1. The van der Waals surface area contributed by atoms with Gasteiger partial charge in [-0.2, -0.15) is 0 Å². The molecule has 0 atom stereocenters. The quantitative estimate of drug-likeness (QED) is 0.872. The predicted octanol–water partition coefficient (Wildman–Crippen LogP) is 2.84. The molecule has 1 aromatic carbocycles. The molecule has 2 rings (SSSR count). The van der Waals surface area contributed by atoms with Crippen molar-refractivity contribution in [2.45, 2.75) is 52.3 Å². The Bertz CT molecular complexity index is 425. The van der Waals surface area contributed by atoms with Gasteiger partial charge in [-0.1, -0.05) is 38.1 Å². The van der Waals surface area contributed by atoms with Gasteiger partial charge in [0.1, 0.15) is 0 Å². The van der Waals surface area contributed by atoms with Crippen LogP contribution in [0.25, 0.3) is 0 Å². The Morgan fingerprint density at radius 2 is 1.86 bits per heavy atom. The molecule has 1 fully saturated rings. The number of rotatable bonds is 6. The Hall–Kier alpha value is -0.900. The highest BCUT2D eigenvalue weighted by atomic mass is 16.5. The second-order valence-corrected chi connectivity index (χ2v) is 6.99. The van der Waals surface area contributed by atoms with Crippen LogP contribution >= 0.6 is 0 Å². The summed E-state index contributed by atoms with van der Waals surface area (Å²) in [6.07, 6.45) is 1.10. The minimum Gasteiger partial charge on any atom is -0.373 e. The predicted molar refractivity (Wildman–Crippen MR) is 88.6 cm³/mol. The number of ether oxygens (including phenoxy) is 1. The summed E-state index contributed by atoms with van der Waals surface area (Å²) in [4.78, 5) is 2.48. The summed E-state index contributed by atoms with van der Waals surface area (Å²) in [6, 6.07) is 9.64. The van der Waals surface area contributed by atoms with Crippen LogP contribution in [0.4, 0.5) is 0 Å². The third-order valence-corrected chi connectivity index (χ3v) is 3.90. The molecule has 0 aliphatic carbocycles. The summed E-state index contributed by atoms with van der Waals surface area (Å²) < 4.78 is 5.77. The van der Waals surface area contributed by atoms with Crippen LogP contribution < -0.4 is 5.32 Å². The van der Waals surface area contributed by atoms with Crippen LogP contribution in [0.3, 0.4) is 0 Å². The van der Waals surface area contributed by atoms with E-state index in [0.29, 0.717) is 6.04 Å². The maximum absolute atomic E-state index is 5.77. The van der Waals surface area contributed by atoms with Gasteiger partial charge in [0.25, 0.3) is 0 Å². The van der Waals surface area contributed by atoms with E-state index in [-0.39, 0.29) is 5.60 Å². The second kappa shape index (κ2) is 7.39. The lowest BCUT2D eigenvalue weighted by molar-refractivity contribution is -0.0882. The van der Waals surface area contributed by atoms with Crippen LogP contribution in [0.2, 0.25) is 0 Å². The molecule has 1 aliphatic heterocycles. The molecule has 1 aromatic rings. The lowest BCUT2D eigenvalue weighted by atomic mass is 10.1. The fourth-order valence-corrected chi connectivity index (χ4v) is 2.82. The minimum atomic E-state index is -0.0132. The van der Waals surface area contributed by atoms with Crippen LogP contribution in [0.5, 0.6) is 0 Å². The third-order valence-electron chi connectivity index (χ3n) is 3.90. The molecular formula is C18H30N2O. The average Bonchev–Trinajstić information content (AvgIpc) is 2.39. The summed E-state index contributed by atoms with van der Waals surface area (Å²) >= 11 is 0. The first kappa shape index (κ1) is 16.5. The topological polar surface area (TPSA) is 24.5 Å². The zero-order chi connectivity index (χ0) is 15.3. The molecule has 3 heteroatoms. The van der Waals surface area contributed by atoms with Gasteiger partial charge in [0.15, 0.2) is 0 Å². The van der Waals surface area contributed by atoms with E-state index in [0.717, 1.165) is 39.2 Å². The summed E-state index contributed by atoms with van der Waals surface area (Å²) in [7, 11) is 0. The van der Waals surface area contributed by atoms with Crippen molar-refractivity contribution in [1.82, 2.24) is 10.2 Å². The Morgan fingerprint density at radius 1 is 1.19 bits per heavy atom. The highest BCUT2D eigenvalue weighted by Gasteiger charge is 2.26. The number of morpholine rings is 1. The van der Waals surface area contributed by atoms with Crippen LogP contribution in [-0.4, -0.2) is 42.8 Å². The van der Waals surface area contributed by atoms with Crippen LogP contribution in [0, 0.1) is 0 Å². The van der Waals surface area contributed by atoms with Gasteiger partial charge in [-0.05, 0) is 37.9 Å². The Morgan fingerprint density at radius 3 is 2.48 bits per heavy atom. The number of nitrogens with zero attached hydrogens (tertiary/aromatic N) is 1. The van der Waals surface area contributed by atoms with Crippen molar-refractivity contribution in [3.05, 3.63) is 35.4 Å². The van der Waals surface area contributed by atoms with E-state index in [4.69, 9.17) is 4.74 Å². The summed E-state index contributed by atoms with van der Waals surface area (Å²) in [5.74, 6) is 0. The molecule has 118 valence electrons. The molecule has 1 heterocycles. The third kappa shape index (κ3) is 5.77. The molecule has 1 aliphatic rings. The Kier molecular flexibility index (Phi) is 5.80. The van der Waals surface area contributed by atoms with Crippen molar-refractivity contribution in [3.63, 3.8) is 0 Å². The van der Waals surface area contributed by atoms with Gasteiger partial charge < -0.3 is 10.1 Å². The van der Waals surface area contributed by atoms with Gasteiger partial charge in [-0.15, -0.1) is 0 Å². The SMILES string of the molecule is CC(C)NCCc1ccc(CN2CCOC(C)(C)C2)cc1. The second-order valence-electron chi connectivity index (χ2n) is 6.99. The van der Waals surface area contributed by atoms with Crippen molar-refractivity contribution >= 4 is 0 Å². The summed E-state index contributed by atoms with van der Waals surface area (Å²) in [5.41, 5.74) is 2.79. The molecule has 0 amide bonds. The first-order chi connectivity index (χ1) is 9.94. The van der Waals surface area contributed by atoms with E-state index in [1.807, 2.05) is 0 Å². The zero-order valence-corrected chi connectivity index (χ0v) is 14.0. The van der Waals surface area contributed by atoms with Crippen LogP contribution in [0.15, 0.2) is 24.3 Å². The lowest BCUT2D eigenvalue weighted by Crippen LogP contribution is -2.47. The normalized spacial score (nSPS) is 19.1. The largest absolute Gasteiger partial charge is 0.373 e. The molecule has 0 bridgehead atoms. The van der Waals surface area contributed by atoms with E-state index in [9.17, 15) is 0 Å². The number of hydrogen-bond donors (Lipinski definition) is 1. The Balaban J connectivity index is 1.82. The van der Waals surface area contributed by atoms with Gasteiger partial charge in [-0.3, -0.25) is 4.90 Å². The van der Waals surface area contributed by atoms with Crippen molar-refractivity contribution in [2.75, 3.05) is 26.2 Å². The standard InChI is InChI=1S/C18H30N2O/c1-15(2)19-10-9-16-5-7-17(8-6-16)13-20-11-12-21-18(3,4)14-20/h5-8,15,19H,9-14H2,1-4H3. The highest BCUT2D eigenvalue weighted by molar-refractivity contribution is 5.22. The van der Waals surface area contributed by atoms with Gasteiger partial charge >= 0.3 is 0 Å². The van der Waals surface area contributed by atoms with E-state index in [2.05, 4.69) is 62.2 Å². The molecule has 0 radical (unpaired) electrons. The van der Waals surface area contributed by atoms with Crippen LogP contribution in [0.1, 0.15) is 38.8 Å². The van der Waals surface area contributed by atoms with E-state index < -0.39 is 0 Å². The van der Waals surface area contributed by atoms with Gasteiger partial charge in [0.05, 0.1) is 12.2 Å². The first-order valence-corrected chi connectivity index (χ1v) is 8.12. The molecule has 0 unspecified atom stereocenters. The fourth-order valence-electron chi connectivity index (χ4n) is 2.82. The number of nitrogens with one attached hydrogen (secondary N) is 1. The van der Waals surface area contributed by atoms with Gasteiger partial charge in [0, 0.05) is 25.7 Å².